The summed E-state index contributed by atoms with van der Waals surface area (Å²) in [7, 11) is 0. The summed E-state index contributed by atoms with van der Waals surface area (Å²) < 4.78 is 33.4. The molecule has 1 aliphatic rings. The number of aromatic nitrogens is 4. The highest BCUT2D eigenvalue weighted by Gasteiger charge is 2.18. The number of nitrogens with one attached hydrogen (secondary N) is 1. The lowest BCUT2D eigenvalue weighted by Crippen LogP contribution is -2.37. The maximum atomic E-state index is 14.2. The van der Waals surface area contributed by atoms with Gasteiger partial charge in [-0.1, -0.05) is 11.6 Å². The lowest BCUT2D eigenvalue weighted by Gasteiger charge is -2.27. The second kappa shape index (κ2) is 11.1. The van der Waals surface area contributed by atoms with Crippen LogP contribution >= 0.6 is 23.2 Å². The molecule has 0 unspecified atom stereocenters. The topological polar surface area (TPSA) is 109 Å². The number of phenols is 1. The second-order valence-electron chi connectivity index (χ2n) is 7.69. The highest BCUT2D eigenvalue weighted by atomic mass is 35.5. The Hall–Kier alpha value is -3.15. The van der Waals surface area contributed by atoms with Gasteiger partial charge in [-0.3, -0.25) is 0 Å². The van der Waals surface area contributed by atoms with Crippen LogP contribution in [-0.4, -0.2) is 57.6 Å². The van der Waals surface area contributed by atoms with Crippen molar-refractivity contribution in [2.24, 2.45) is 5.10 Å². The molecule has 2 N–H and O–H groups in total. The number of hydrazone groups is 1. The van der Waals surface area contributed by atoms with E-state index in [4.69, 9.17) is 27.9 Å². The summed E-state index contributed by atoms with van der Waals surface area (Å²) in [6.07, 6.45) is 3.97. The average Bonchev–Trinajstić information content (AvgIpc) is 2.85. The predicted octanol–water partition coefficient (Wildman–Crippen LogP) is 3.93. The van der Waals surface area contributed by atoms with E-state index >= 15 is 0 Å². The van der Waals surface area contributed by atoms with Crippen LogP contribution in [-0.2, 0) is 17.6 Å². The number of hydrogen-bond acceptors (Lipinski definition) is 9. The summed E-state index contributed by atoms with van der Waals surface area (Å²) in [5, 5.41) is 14.7. The number of nitrogens with zero attached hydrogens (tertiary/aromatic N) is 6. The van der Waals surface area contributed by atoms with E-state index in [1.54, 1.807) is 11.0 Å². The van der Waals surface area contributed by atoms with E-state index in [0.29, 0.717) is 43.9 Å². The van der Waals surface area contributed by atoms with Crippen molar-refractivity contribution >= 4 is 41.2 Å². The molecule has 2 aromatic heterocycles. The van der Waals surface area contributed by atoms with E-state index in [9.17, 15) is 13.9 Å². The zero-order valence-corrected chi connectivity index (χ0v) is 20.1. The normalized spacial score (nSPS) is 14.0. The van der Waals surface area contributed by atoms with Gasteiger partial charge in [-0.15, -0.1) is 0 Å². The number of morpholine rings is 1. The number of rotatable bonds is 7. The molecule has 1 saturated heterocycles. The first-order chi connectivity index (χ1) is 16.8. The molecule has 0 bridgehead atoms. The molecule has 35 heavy (non-hydrogen) atoms. The van der Waals surface area contributed by atoms with E-state index in [1.165, 1.54) is 6.21 Å². The van der Waals surface area contributed by atoms with E-state index in [-0.39, 0.29) is 39.9 Å². The second-order valence-corrected chi connectivity index (χ2v) is 8.41. The van der Waals surface area contributed by atoms with E-state index in [2.05, 4.69) is 30.5 Å². The number of phenolic OH excluding ortho intramolecular Hbond substituents is 1. The lowest BCUT2D eigenvalue weighted by atomic mass is 9.99. The van der Waals surface area contributed by atoms with Gasteiger partial charge in [0, 0.05) is 18.7 Å². The third kappa shape index (κ3) is 5.92. The molecular weight excluding hydrogens is 503 g/mol. The van der Waals surface area contributed by atoms with Crippen molar-refractivity contribution in [2.45, 2.75) is 19.8 Å². The molecule has 4 rings (SSSR count). The Labute approximate surface area is 209 Å². The van der Waals surface area contributed by atoms with Gasteiger partial charge >= 0.3 is 0 Å². The predicted molar refractivity (Wildman–Crippen MR) is 129 cm³/mol. The maximum Gasteiger partial charge on any atom is 0.245 e. The number of hydrogen-bond donors (Lipinski definition) is 2. The quantitative estimate of drug-likeness (QED) is 0.272. The Kier molecular flexibility index (Phi) is 7.89. The third-order valence-corrected chi connectivity index (χ3v) is 5.99. The number of aromatic hydroxyl groups is 1. The maximum absolute atomic E-state index is 14.2. The molecule has 1 fully saturated rings. The number of benzene rings is 1. The van der Waals surface area contributed by atoms with E-state index in [0.717, 1.165) is 18.0 Å². The number of anilines is 2. The van der Waals surface area contributed by atoms with Gasteiger partial charge in [0.1, 0.15) is 5.75 Å². The molecule has 13 heteroatoms. The molecule has 9 nitrogen and oxygen atoms in total. The van der Waals surface area contributed by atoms with Crippen LogP contribution in [0.15, 0.2) is 23.6 Å². The number of aryl methyl sites for hydroxylation is 2. The van der Waals surface area contributed by atoms with Gasteiger partial charge in [0.2, 0.25) is 11.2 Å². The Bertz CT molecular complexity index is 1260. The summed E-state index contributed by atoms with van der Waals surface area (Å²) in [6, 6.07) is 1.69. The number of halogens is 4. The fourth-order valence-corrected chi connectivity index (χ4v) is 4.11. The monoisotopic (exact) mass is 523 g/mol. The van der Waals surface area contributed by atoms with Crippen LogP contribution in [0.25, 0.3) is 0 Å². The molecule has 184 valence electrons. The fourth-order valence-electron chi connectivity index (χ4n) is 3.60. The minimum absolute atomic E-state index is 0.0478. The fraction of sp³-hybridized carbons (Fsp3) is 0.318. The summed E-state index contributed by atoms with van der Waals surface area (Å²) in [6.45, 7) is 3.83. The summed E-state index contributed by atoms with van der Waals surface area (Å²) in [4.78, 5) is 17.3. The molecule has 0 saturated carbocycles. The zero-order valence-electron chi connectivity index (χ0n) is 18.6. The Morgan fingerprint density at radius 3 is 2.66 bits per heavy atom. The largest absolute Gasteiger partial charge is 0.506 e. The van der Waals surface area contributed by atoms with Crippen molar-refractivity contribution in [3.63, 3.8) is 0 Å². The van der Waals surface area contributed by atoms with Gasteiger partial charge in [0.25, 0.3) is 0 Å². The molecule has 1 aromatic carbocycles. The van der Waals surface area contributed by atoms with Crippen molar-refractivity contribution in [3.05, 3.63) is 62.8 Å². The van der Waals surface area contributed by atoms with Crippen LogP contribution in [0.3, 0.4) is 0 Å². The van der Waals surface area contributed by atoms with Crippen molar-refractivity contribution in [1.29, 1.82) is 0 Å². The third-order valence-electron chi connectivity index (χ3n) is 5.40. The van der Waals surface area contributed by atoms with E-state index < -0.39 is 11.6 Å². The minimum atomic E-state index is -0.568. The summed E-state index contributed by atoms with van der Waals surface area (Å²) in [5.41, 5.74) is 4.55. The molecular formula is C22H21Cl2F2N7O2. The zero-order chi connectivity index (χ0) is 24.9. The van der Waals surface area contributed by atoms with Crippen LogP contribution in [0.2, 0.25) is 10.3 Å². The van der Waals surface area contributed by atoms with Crippen LogP contribution in [0.5, 0.6) is 5.75 Å². The van der Waals surface area contributed by atoms with Crippen LogP contribution in [0, 0.1) is 18.6 Å². The molecule has 0 radical (unpaired) electrons. The molecule has 0 aliphatic carbocycles. The van der Waals surface area contributed by atoms with Crippen molar-refractivity contribution in [3.8, 4) is 5.75 Å². The minimum Gasteiger partial charge on any atom is -0.506 e. The summed E-state index contributed by atoms with van der Waals surface area (Å²) >= 11 is 12.1. The molecule has 0 atom stereocenters. The average molecular weight is 524 g/mol. The first-order valence-corrected chi connectivity index (χ1v) is 11.4. The molecule has 1 aliphatic heterocycles. The Balaban J connectivity index is 1.47. The van der Waals surface area contributed by atoms with E-state index in [1.807, 2.05) is 6.92 Å². The van der Waals surface area contributed by atoms with Crippen LogP contribution in [0.1, 0.15) is 22.4 Å². The molecule has 0 spiro atoms. The highest BCUT2D eigenvalue weighted by molar-refractivity contribution is 6.33. The van der Waals surface area contributed by atoms with Gasteiger partial charge in [-0.05, 0) is 48.6 Å². The van der Waals surface area contributed by atoms with Crippen molar-refractivity contribution < 1.29 is 18.6 Å². The van der Waals surface area contributed by atoms with Gasteiger partial charge in [0.15, 0.2) is 17.5 Å². The molecule has 3 aromatic rings. The molecule has 3 heterocycles. The Morgan fingerprint density at radius 2 is 1.89 bits per heavy atom. The van der Waals surface area contributed by atoms with Crippen molar-refractivity contribution in [1.82, 2.24) is 19.9 Å². The van der Waals surface area contributed by atoms with Gasteiger partial charge in [-0.25, -0.2) is 29.2 Å². The smallest absolute Gasteiger partial charge is 0.245 e. The van der Waals surface area contributed by atoms with Crippen LogP contribution in [0.4, 0.5) is 20.5 Å². The van der Waals surface area contributed by atoms with Gasteiger partial charge < -0.3 is 14.7 Å². The summed E-state index contributed by atoms with van der Waals surface area (Å²) in [5.74, 6) is -1.04. The molecule has 0 amide bonds. The first-order valence-electron chi connectivity index (χ1n) is 10.7. The Morgan fingerprint density at radius 1 is 1.14 bits per heavy atom. The standard InChI is InChI=1S/C22H21Cl2F2N7O2/c1-12-8-13(19(34)18(23)14(12)2-3-17-15(25)10-27-21(24)30-17)9-29-32-22-28-11-16(26)20(31-22)33-4-6-35-7-5-33/h8-11,34H,2-7H2,1H3,(H,28,31,32)/b29-9-. The first kappa shape index (κ1) is 25.0. The van der Waals surface area contributed by atoms with Gasteiger partial charge in [-0.2, -0.15) is 10.1 Å². The highest BCUT2D eigenvalue weighted by Crippen LogP contribution is 2.33. The van der Waals surface area contributed by atoms with Gasteiger partial charge in [0.05, 0.1) is 42.5 Å². The lowest BCUT2D eigenvalue weighted by molar-refractivity contribution is 0.122. The van der Waals surface area contributed by atoms with Crippen molar-refractivity contribution in [2.75, 3.05) is 36.6 Å². The SMILES string of the molecule is Cc1cc(/C=N\Nc2ncc(F)c(N3CCOCC3)n2)c(O)c(Cl)c1CCc1nc(Cl)ncc1F. The van der Waals surface area contributed by atoms with Crippen LogP contribution < -0.4 is 10.3 Å². The number of ether oxygens (including phenoxy) is 1.